The zero-order valence-electron chi connectivity index (χ0n) is 12.6. The van der Waals surface area contributed by atoms with E-state index < -0.39 is 0 Å². The third-order valence-electron chi connectivity index (χ3n) is 2.93. The van der Waals surface area contributed by atoms with Gasteiger partial charge in [0.15, 0.2) is 5.96 Å². The van der Waals surface area contributed by atoms with Crippen LogP contribution in [0.15, 0.2) is 4.99 Å². The lowest BCUT2D eigenvalue weighted by Gasteiger charge is -2.11. The number of nitrogens with one attached hydrogen (secondary N) is 2. The van der Waals surface area contributed by atoms with Crippen molar-refractivity contribution in [1.29, 1.82) is 0 Å². The van der Waals surface area contributed by atoms with Crippen LogP contribution < -0.4 is 10.6 Å². The van der Waals surface area contributed by atoms with E-state index in [1.165, 1.54) is 12.8 Å². The van der Waals surface area contributed by atoms with Crippen molar-refractivity contribution in [3.05, 3.63) is 0 Å². The fourth-order valence-corrected chi connectivity index (χ4v) is 1.53. The first-order valence-electron chi connectivity index (χ1n) is 7.32. The molecule has 1 rings (SSSR count). The summed E-state index contributed by atoms with van der Waals surface area (Å²) in [5.74, 6) is 2.48. The first-order valence-corrected chi connectivity index (χ1v) is 7.32. The minimum atomic E-state index is 0. The van der Waals surface area contributed by atoms with Crippen LogP contribution in [-0.4, -0.2) is 38.8 Å². The minimum absolute atomic E-state index is 0. The lowest BCUT2D eigenvalue weighted by Crippen LogP contribution is -2.39. The molecule has 1 aliphatic rings. The van der Waals surface area contributed by atoms with Gasteiger partial charge in [-0.1, -0.05) is 13.8 Å². The second kappa shape index (κ2) is 11.8. The van der Waals surface area contributed by atoms with Gasteiger partial charge in [-0.3, -0.25) is 4.99 Å². The molecule has 5 heteroatoms. The quantitative estimate of drug-likeness (QED) is 0.279. The summed E-state index contributed by atoms with van der Waals surface area (Å²) in [6, 6.07) is 0. The van der Waals surface area contributed by atoms with E-state index in [0.717, 1.165) is 57.1 Å². The summed E-state index contributed by atoms with van der Waals surface area (Å²) in [7, 11) is 0. The molecule has 0 aromatic carbocycles. The van der Waals surface area contributed by atoms with Crippen LogP contribution in [0.5, 0.6) is 0 Å². The molecule has 0 heterocycles. The Kier molecular flexibility index (Phi) is 11.7. The number of guanidine groups is 1. The van der Waals surface area contributed by atoms with Crippen molar-refractivity contribution in [3.63, 3.8) is 0 Å². The maximum atomic E-state index is 5.57. The van der Waals surface area contributed by atoms with Crippen molar-refractivity contribution < 1.29 is 4.74 Å². The zero-order chi connectivity index (χ0) is 13.2. The van der Waals surface area contributed by atoms with E-state index in [1.54, 1.807) is 0 Å². The Morgan fingerprint density at radius 1 is 1.26 bits per heavy atom. The first-order chi connectivity index (χ1) is 8.72. The zero-order valence-corrected chi connectivity index (χ0v) is 14.9. The third kappa shape index (κ3) is 11.5. The van der Waals surface area contributed by atoms with Crippen molar-refractivity contribution >= 4 is 29.9 Å². The summed E-state index contributed by atoms with van der Waals surface area (Å²) in [5.41, 5.74) is 0. The fourth-order valence-electron chi connectivity index (χ4n) is 1.53. The van der Waals surface area contributed by atoms with Crippen molar-refractivity contribution in [2.24, 2.45) is 16.8 Å². The lowest BCUT2D eigenvalue weighted by molar-refractivity contribution is 0.128. The molecule has 1 saturated carbocycles. The predicted molar refractivity (Wildman–Crippen MR) is 92.4 cm³/mol. The molecule has 0 aliphatic heterocycles. The molecule has 2 N–H and O–H groups in total. The van der Waals surface area contributed by atoms with Crippen LogP contribution in [0.3, 0.4) is 0 Å². The Labute approximate surface area is 135 Å². The number of nitrogens with zero attached hydrogens (tertiary/aromatic N) is 1. The highest BCUT2D eigenvalue weighted by Gasteiger charge is 2.20. The summed E-state index contributed by atoms with van der Waals surface area (Å²) < 4.78 is 5.57. The monoisotopic (exact) mass is 383 g/mol. The number of halogens is 1. The smallest absolute Gasteiger partial charge is 0.191 e. The fraction of sp³-hybridized carbons (Fsp3) is 0.929. The van der Waals surface area contributed by atoms with Gasteiger partial charge in [0.2, 0.25) is 0 Å². The molecular formula is C14H30IN3O. The molecule has 0 radical (unpaired) electrons. The van der Waals surface area contributed by atoms with Gasteiger partial charge in [-0.2, -0.15) is 0 Å². The Morgan fingerprint density at radius 3 is 2.58 bits per heavy atom. The molecule has 0 spiro atoms. The van der Waals surface area contributed by atoms with Crippen LogP contribution in [0.4, 0.5) is 0 Å². The number of hydrogen-bond acceptors (Lipinski definition) is 2. The highest BCUT2D eigenvalue weighted by Crippen LogP contribution is 2.28. The molecule has 0 unspecified atom stereocenters. The van der Waals surface area contributed by atoms with Gasteiger partial charge in [-0.25, -0.2) is 0 Å². The van der Waals surface area contributed by atoms with Crippen molar-refractivity contribution in [2.75, 3.05) is 32.8 Å². The highest BCUT2D eigenvalue weighted by molar-refractivity contribution is 14.0. The molecule has 0 saturated heterocycles. The Balaban J connectivity index is 0.00000324. The first kappa shape index (κ1) is 19.0. The van der Waals surface area contributed by atoms with Gasteiger partial charge in [0.05, 0.1) is 6.61 Å². The standard InChI is InChI=1S/C14H29N3O.HI/c1-4-15-14(17-11-13-5-6-13)16-8-10-18-9-7-12(2)3;/h12-13H,4-11H2,1-3H3,(H2,15,16,17);1H. The molecule has 0 amide bonds. The van der Waals surface area contributed by atoms with Crippen LogP contribution in [-0.2, 0) is 4.74 Å². The van der Waals surface area contributed by atoms with E-state index in [9.17, 15) is 0 Å². The number of rotatable bonds is 9. The second-order valence-electron chi connectivity index (χ2n) is 5.38. The molecule has 1 aliphatic carbocycles. The summed E-state index contributed by atoms with van der Waals surface area (Å²) in [6.07, 6.45) is 3.83. The average Bonchev–Trinajstić information content (AvgIpc) is 3.13. The minimum Gasteiger partial charge on any atom is -0.380 e. The second-order valence-corrected chi connectivity index (χ2v) is 5.38. The maximum absolute atomic E-state index is 5.57. The Bertz CT molecular complexity index is 243. The molecule has 1 fully saturated rings. The van der Waals surface area contributed by atoms with E-state index in [1.807, 2.05) is 0 Å². The van der Waals surface area contributed by atoms with E-state index in [2.05, 4.69) is 36.4 Å². The van der Waals surface area contributed by atoms with Crippen LogP contribution in [0.1, 0.15) is 40.0 Å². The van der Waals surface area contributed by atoms with Crippen molar-refractivity contribution in [2.45, 2.75) is 40.0 Å². The molecule has 0 atom stereocenters. The van der Waals surface area contributed by atoms with Crippen LogP contribution in [0.25, 0.3) is 0 Å². The molecule has 0 aromatic rings. The van der Waals surface area contributed by atoms with Gasteiger partial charge < -0.3 is 15.4 Å². The topological polar surface area (TPSA) is 45.7 Å². The average molecular weight is 383 g/mol. The van der Waals surface area contributed by atoms with Crippen molar-refractivity contribution in [3.8, 4) is 0 Å². The van der Waals surface area contributed by atoms with Crippen LogP contribution in [0.2, 0.25) is 0 Å². The lowest BCUT2D eigenvalue weighted by atomic mass is 10.1. The Morgan fingerprint density at radius 2 is 2.00 bits per heavy atom. The summed E-state index contributed by atoms with van der Waals surface area (Å²) >= 11 is 0. The van der Waals surface area contributed by atoms with Gasteiger partial charge in [0.25, 0.3) is 0 Å². The number of hydrogen-bond donors (Lipinski definition) is 2. The van der Waals surface area contributed by atoms with Crippen LogP contribution in [0, 0.1) is 11.8 Å². The molecular weight excluding hydrogens is 353 g/mol. The number of aliphatic imine (C=N–C) groups is 1. The van der Waals surface area contributed by atoms with E-state index >= 15 is 0 Å². The molecule has 19 heavy (non-hydrogen) atoms. The molecule has 0 aromatic heterocycles. The van der Waals surface area contributed by atoms with Crippen molar-refractivity contribution in [1.82, 2.24) is 10.6 Å². The number of ether oxygens (including phenoxy) is 1. The van der Waals surface area contributed by atoms with E-state index in [4.69, 9.17) is 4.74 Å². The van der Waals surface area contributed by atoms with Gasteiger partial charge in [-0.05, 0) is 38.0 Å². The third-order valence-corrected chi connectivity index (χ3v) is 2.93. The largest absolute Gasteiger partial charge is 0.380 e. The highest BCUT2D eigenvalue weighted by atomic mass is 127. The SMILES string of the molecule is CCNC(=NCC1CC1)NCCOCCC(C)C.I. The maximum Gasteiger partial charge on any atom is 0.191 e. The molecule has 114 valence electrons. The normalized spacial score (nSPS) is 15.3. The van der Waals surface area contributed by atoms with E-state index in [-0.39, 0.29) is 24.0 Å². The molecule has 4 nitrogen and oxygen atoms in total. The van der Waals surface area contributed by atoms with Gasteiger partial charge >= 0.3 is 0 Å². The molecule has 0 bridgehead atoms. The van der Waals surface area contributed by atoms with Gasteiger partial charge in [0.1, 0.15) is 0 Å². The Hall–Kier alpha value is -0.0400. The van der Waals surface area contributed by atoms with E-state index in [0.29, 0.717) is 0 Å². The summed E-state index contributed by atoms with van der Waals surface area (Å²) in [4.78, 5) is 4.56. The summed E-state index contributed by atoms with van der Waals surface area (Å²) in [6.45, 7) is 10.8. The van der Waals surface area contributed by atoms with Gasteiger partial charge in [0, 0.05) is 26.2 Å². The van der Waals surface area contributed by atoms with Gasteiger partial charge in [-0.15, -0.1) is 24.0 Å². The predicted octanol–water partition coefficient (Wildman–Crippen LogP) is 2.63. The summed E-state index contributed by atoms with van der Waals surface area (Å²) in [5, 5.41) is 6.56. The van der Waals surface area contributed by atoms with Crippen LogP contribution >= 0.6 is 24.0 Å².